The number of carbonyl (C=O) groups is 4. The maximum atomic E-state index is 13.4. The first-order chi connectivity index (χ1) is 15.5. The van der Waals surface area contributed by atoms with Gasteiger partial charge in [-0.2, -0.15) is 0 Å². The highest BCUT2D eigenvalue weighted by molar-refractivity contribution is 6.15. The fraction of sp³-hybridized carbons (Fsp3) is 0.360. The van der Waals surface area contributed by atoms with Gasteiger partial charge in [0.1, 0.15) is 11.6 Å². The van der Waals surface area contributed by atoms with Gasteiger partial charge in [0.25, 0.3) is 11.8 Å². The van der Waals surface area contributed by atoms with E-state index in [1.165, 1.54) is 11.8 Å². The van der Waals surface area contributed by atoms with E-state index in [2.05, 4.69) is 10.6 Å². The number of amides is 3. The fourth-order valence-electron chi connectivity index (χ4n) is 3.64. The number of carbonyl (C=O) groups excluding carboxylic acids is 4. The molecule has 0 saturated heterocycles. The molecule has 0 fully saturated rings. The highest BCUT2D eigenvalue weighted by Crippen LogP contribution is 2.37. The van der Waals surface area contributed by atoms with Gasteiger partial charge < -0.3 is 15.4 Å². The van der Waals surface area contributed by atoms with Gasteiger partial charge in [-0.15, -0.1) is 0 Å². The van der Waals surface area contributed by atoms with Crippen LogP contribution in [0.5, 0.6) is 0 Å². The molecule has 0 aromatic heterocycles. The summed E-state index contributed by atoms with van der Waals surface area (Å²) in [6, 6.07) is 14.5. The number of nitrogens with zero attached hydrogens (tertiary/aromatic N) is 1. The second-order valence-corrected chi connectivity index (χ2v) is 8.84. The Morgan fingerprint density at radius 1 is 0.970 bits per heavy atom. The molecule has 174 valence electrons. The van der Waals surface area contributed by atoms with Crippen LogP contribution in [0, 0.1) is 5.92 Å². The van der Waals surface area contributed by atoms with E-state index in [9.17, 15) is 19.2 Å². The van der Waals surface area contributed by atoms with Crippen LogP contribution in [-0.4, -0.2) is 41.4 Å². The summed E-state index contributed by atoms with van der Waals surface area (Å²) in [7, 11) is 0. The molecule has 0 spiro atoms. The SMILES string of the molecule is CC(C)[C@H](NC(=O)c1ccccc1)C(=O)O[C@@H](C)C(=O)N1c2ccccc2NC(=O)C1(C)C. The number of nitrogens with one attached hydrogen (secondary N) is 2. The molecule has 0 unspecified atom stereocenters. The van der Waals surface area contributed by atoms with Gasteiger partial charge in [-0.25, -0.2) is 4.79 Å². The van der Waals surface area contributed by atoms with Gasteiger partial charge in [0, 0.05) is 5.56 Å². The average molecular weight is 452 g/mol. The first kappa shape index (κ1) is 24.0. The largest absolute Gasteiger partial charge is 0.451 e. The minimum atomic E-state index is -1.19. The third-order valence-corrected chi connectivity index (χ3v) is 5.61. The van der Waals surface area contributed by atoms with Gasteiger partial charge in [0.15, 0.2) is 6.10 Å². The van der Waals surface area contributed by atoms with Crippen LogP contribution in [0.3, 0.4) is 0 Å². The van der Waals surface area contributed by atoms with Crippen LogP contribution in [0.15, 0.2) is 54.6 Å². The van der Waals surface area contributed by atoms with Crippen molar-refractivity contribution in [3.05, 3.63) is 60.2 Å². The lowest BCUT2D eigenvalue weighted by molar-refractivity contribution is -0.157. The predicted molar refractivity (Wildman–Crippen MR) is 125 cm³/mol. The Balaban J connectivity index is 1.78. The number of hydrogen-bond donors (Lipinski definition) is 2. The third kappa shape index (κ3) is 4.89. The molecule has 33 heavy (non-hydrogen) atoms. The number of fused-ring (bicyclic) bond motifs is 1. The Morgan fingerprint density at radius 2 is 1.58 bits per heavy atom. The molecule has 2 N–H and O–H groups in total. The lowest BCUT2D eigenvalue weighted by Gasteiger charge is -2.42. The van der Waals surface area contributed by atoms with Crippen molar-refractivity contribution in [1.82, 2.24) is 5.32 Å². The maximum Gasteiger partial charge on any atom is 0.329 e. The molecule has 0 radical (unpaired) electrons. The first-order valence-electron chi connectivity index (χ1n) is 10.8. The van der Waals surface area contributed by atoms with E-state index in [1.807, 2.05) is 0 Å². The summed E-state index contributed by atoms with van der Waals surface area (Å²) in [5, 5.41) is 5.49. The van der Waals surface area contributed by atoms with Gasteiger partial charge in [0.05, 0.1) is 11.4 Å². The maximum absolute atomic E-state index is 13.4. The zero-order chi connectivity index (χ0) is 24.3. The summed E-state index contributed by atoms with van der Waals surface area (Å²) >= 11 is 0. The van der Waals surface area contributed by atoms with Crippen LogP contribution in [0.2, 0.25) is 0 Å². The molecule has 1 aliphatic rings. The second kappa shape index (κ2) is 9.44. The molecule has 3 rings (SSSR count). The molecule has 0 aliphatic carbocycles. The van der Waals surface area contributed by atoms with E-state index in [4.69, 9.17) is 4.74 Å². The number of rotatable bonds is 6. The lowest BCUT2D eigenvalue weighted by atomic mass is 9.95. The fourth-order valence-corrected chi connectivity index (χ4v) is 3.64. The van der Waals surface area contributed by atoms with E-state index in [0.717, 1.165) is 0 Å². The molecule has 8 nitrogen and oxygen atoms in total. The van der Waals surface area contributed by atoms with Gasteiger partial charge >= 0.3 is 5.97 Å². The monoisotopic (exact) mass is 451 g/mol. The van der Waals surface area contributed by atoms with E-state index < -0.39 is 35.5 Å². The summed E-state index contributed by atoms with van der Waals surface area (Å²) in [4.78, 5) is 52.8. The molecule has 0 bridgehead atoms. The highest BCUT2D eigenvalue weighted by atomic mass is 16.5. The molecule has 0 saturated carbocycles. The highest BCUT2D eigenvalue weighted by Gasteiger charge is 2.45. The third-order valence-electron chi connectivity index (χ3n) is 5.61. The Kier molecular flexibility index (Phi) is 6.86. The number of benzene rings is 2. The zero-order valence-corrected chi connectivity index (χ0v) is 19.4. The molecule has 2 aromatic carbocycles. The number of para-hydroxylation sites is 2. The quantitative estimate of drug-likeness (QED) is 0.657. The van der Waals surface area contributed by atoms with Crippen molar-refractivity contribution in [3.8, 4) is 0 Å². The molecule has 1 aliphatic heterocycles. The summed E-state index contributed by atoms with van der Waals surface area (Å²) in [6.45, 7) is 8.27. The normalized spacial score (nSPS) is 16.3. The topological polar surface area (TPSA) is 105 Å². The Labute approximate surface area is 193 Å². The molecule has 8 heteroatoms. The van der Waals surface area contributed by atoms with E-state index in [-0.39, 0.29) is 11.8 Å². The van der Waals surface area contributed by atoms with E-state index in [0.29, 0.717) is 16.9 Å². The van der Waals surface area contributed by atoms with Crippen molar-refractivity contribution in [2.75, 3.05) is 10.2 Å². The molecule has 3 amide bonds. The number of anilines is 2. The smallest absolute Gasteiger partial charge is 0.329 e. The molecule has 2 aromatic rings. The Morgan fingerprint density at radius 3 is 2.21 bits per heavy atom. The van der Waals surface area contributed by atoms with Gasteiger partial charge in [-0.3, -0.25) is 19.3 Å². The number of esters is 1. The van der Waals surface area contributed by atoms with Gasteiger partial charge in [0.2, 0.25) is 5.91 Å². The zero-order valence-electron chi connectivity index (χ0n) is 19.4. The van der Waals surface area contributed by atoms with Crippen molar-refractivity contribution in [2.24, 2.45) is 5.92 Å². The van der Waals surface area contributed by atoms with Gasteiger partial charge in [-0.05, 0) is 51.0 Å². The second-order valence-electron chi connectivity index (χ2n) is 8.84. The van der Waals surface area contributed by atoms with Crippen LogP contribution < -0.4 is 15.5 Å². The van der Waals surface area contributed by atoms with Crippen LogP contribution in [0.1, 0.15) is 45.0 Å². The first-order valence-corrected chi connectivity index (χ1v) is 10.8. The van der Waals surface area contributed by atoms with E-state index >= 15 is 0 Å². The molecule has 2 atom stereocenters. The summed E-state index contributed by atoms with van der Waals surface area (Å²) < 4.78 is 5.49. The molecular formula is C25H29N3O5. The van der Waals surface area contributed by atoms with Crippen molar-refractivity contribution >= 4 is 35.1 Å². The molecule has 1 heterocycles. The van der Waals surface area contributed by atoms with Crippen LogP contribution in [0.4, 0.5) is 11.4 Å². The summed E-state index contributed by atoms with van der Waals surface area (Å²) in [5.41, 5.74) is 0.250. The van der Waals surface area contributed by atoms with E-state index in [1.54, 1.807) is 82.3 Å². The van der Waals surface area contributed by atoms with Crippen molar-refractivity contribution in [3.63, 3.8) is 0 Å². The van der Waals surface area contributed by atoms with Crippen LogP contribution >= 0.6 is 0 Å². The number of ether oxygens (including phenoxy) is 1. The predicted octanol–water partition coefficient (Wildman–Crippen LogP) is 3.14. The standard InChI is InChI=1S/C25H29N3O5/c1-15(2)20(27-21(29)17-11-7-6-8-12-17)23(31)33-16(3)22(30)28-19-14-10-9-13-18(19)26-24(32)25(28,4)5/h6-16,20H,1-5H3,(H,26,32)(H,27,29)/t16-,20-/m0/s1. The van der Waals surface area contributed by atoms with Crippen LogP contribution in [0.25, 0.3) is 0 Å². The Hall–Kier alpha value is -3.68. The minimum Gasteiger partial charge on any atom is -0.451 e. The van der Waals surface area contributed by atoms with Crippen molar-refractivity contribution in [2.45, 2.75) is 52.3 Å². The lowest BCUT2D eigenvalue weighted by Crippen LogP contribution is -2.61. The number of hydrogen-bond acceptors (Lipinski definition) is 5. The van der Waals surface area contributed by atoms with Crippen molar-refractivity contribution in [1.29, 1.82) is 0 Å². The molecular weight excluding hydrogens is 422 g/mol. The van der Waals surface area contributed by atoms with Gasteiger partial charge in [-0.1, -0.05) is 44.2 Å². The summed E-state index contributed by atoms with van der Waals surface area (Å²) in [5.74, 6) is -2.28. The van der Waals surface area contributed by atoms with Crippen LogP contribution in [-0.2, 0) is 19.1 Å². The summed E-state index contributed by atoms with van der Waals surface area (Å²) in [6.07, 6.45) is -1.18. The average Bonchev–Trinajstić information content (AvgIpc) is 2.77. The minimum absolute atomic E-state index is 0.273. The Bertz CT molecular complexity index is 1060. The van der Waals surface area contributed by atoms with Crippen molar-refractivity contribution < 1.29 is 23.9 Å².